The molecule has 3 aromatic rings. The molecular formula is C28H28N2O5. The van der Waals surface area contributed by atoms with E-state index in [0.29, 0.717) is 18.5 Å². The number of amides is 2. The molecule has 0 radical (unpaired) electrons. The molecule has 7 heteroatoms. The monoisotopic (exact) mass is 472 g/mol. The van der Waals surface area contributed by atoms with Gasteiger partial charge in [0, 0.05) is 24.1 Å². The van der Waals surface area contributed by atoms with Crippen LogP contribution in [-0.2, 0) is 16.0 Å². The van der Waals surface area contributed by atoms with E-state index in [-0.39, 0.29) is 24.9 Å². The molecule has 0 heterocycles. The number of benzene rings is 3. The fourth-order valence-electron chi connectivity index (χ4n) is 4.52. The number of ether oxygens (including phenoxy) is 1. The molecule has 1 aliphatic carbocycles. The van der Waals surface area contributed by atoms with Gasteiger partial charge in [0.05, 0.1) is 6.42 Å². The molecular weight excluding hydrogens is 444 g/mol. The lowest BCUT2D eigenvalue weighted by molar-refractivity contribution is -0.137. The minimum atomic E-state index is -0.974. The zero-order valence-corrected chi connectivity index (χ0v) is 19.5. The maximum Gasteiger partial charge on any atom is 0.407 e. The lowest BCUT2D eigenvalue weighted by atomic mass is 9.98. The molecule has 7 nitrogen and oxygen atoms in total. The Labute approximate surface area is 204 Å². The summed E-state index contributed by atoms with van der Waals surface area (Å²) in [6, 6.07) is 22.9. The minimum Gasteiger partial charge on any atom is -0.481 e. The van der Waals surface area contributed by atoms with Gasteiger partial charge in [-0.2, -0.15) is 0 Å². The van der Waals surface area contributed by atoms with E-state index in [1.165, 1.54) is 11.1 Å². The molecule has 3 N–H and O–H groups in total. The molecule has 0 aromatic heterocycles. The Morgan fingerprint density at radius 3 is 2.17 bits per heavy atom. The molecule has 180 valence electrons. The van der Waals surface area contributed by atoms with E-state index in [0.717, 1.165) is 16.7 Å². The quantitative estimate of drug-likeness (QED) is 0.429. The molecule has 0 saturated heterocycles. The first kappa shape index (κ1) is 24.0. The van der Waals surface area contributed by atoms with E-state index in [1.807, 2.05) is 36.4 Å². The maximum absolute atomic E-state index is 12.6. The second-order valence-corrected chi connectivity index (χ2v) is 8.63. The van der Waals surface area contributed by atoms with Crippen LogP contribution in [0.3, 0.4) is 0 Å². The Bertz CT molecular complexity index is 1190. The maximum atomic E-state index is 12.6. The lowest BCUT2D eigenvalue weighted by Crippen LogP contribution is -2.35. The van der Waals surface area contributed by atoms with Crippen LogP contribution >= 0.6 is 0 Å². The van der Waals surface area contributed by atoms with Crippen LogP contribution in [0.5, 0.6) is 0 Å². The summed E-state index contributed by atoms with van der Waals surface area (Å²) in [6.45, 7) is 2.18. The van der Waals surface area contributed by atoms with E-state index in [2.05, 4.69) is 34.9 Å². The Balaban J connectivity index is 1.31. The van der Waals surface area contributed by atoms with Crippen molar-refractivity contribution in [2.75, 3.05) is 13.2 Å². The number of carbonyl (C=O) groups is 3. The second kappa shape index (κ2) is 10.9. The number of aliphatic carboxylic acids is 1. The van der Waals surface area contributed by atoms with Gasteiger partial charge in [0.25, 0.3) is 5.91 Å². The second-order valence-electron chi connectivity index (χ2n) is 8.63. The molecule has 4 rings (SSSR count). The molecule has 0 unspecified atom stereocenters. The van der Waals surface area contributed by atoms with Crippen molar-refractivity contribution in [1.29, 1.82) is 0 Å². The van der Waals surface area contributed by atoms with Crippen molar-refractivity contribution in [3.8, 4) is 11.1 Å². The van der Waals surface area contributed by atoms with Gasteiger partial charge < -0.3 is 20.5 Å². The number of carboxylic acid groups (broad SMARTS) is 1. The molecule has 1 aliphatic rings. The molecule has 0 bridgehead atoms. The van der Waals surface area contributed by atoms with E-state index in [4.69, 9.17) is 9.84 Å². The van der Waals surface area contributed by atoms with Crippen molar-refractivity contribution in [3.05, 3.63) is 95.1 Å². The fraction of sp³-hybridized carbons (Fsp3) is 0.250. The largest absolute Gasteiger partial charge is 0.481 e. The summed E-state index contributed by atoms with van der Waals surface area (Å²) in [5, 5.41) is 14.4. The Morgan fingerprint density at radius 2 is 1.51 bits per heavy atom. The number of carboxylic acids is 1. The van der Waals surface area contributed by atoms with Crippen LogP contribution in [-0.4, -0.2) is 42.3 Å². The highest BCUT2D eigenvalue weighted by Gasteiger charge is 2.29. The molecule has 35 heavy (non-hydrogen) atoms. The van der Waals surface area contributed by atoms with Gasteiger partial charge in [0.1, 0.15) is 6.61 Å². The average molecular weight is 473 g/mol. The van der Waals surface area contributed by atoms with Crippen molar-refractivity contribution in [3.63, 3.8) is 0 Å². The van der Waals surface area contributed by atoms with Crippen LogP contribution in [0, 0.1) is 0 Å². The Morgan fingerprint density at radius 1 is 0.914 bits per heavy atom. The predicted octanol–water partition coefficient (Wildman–Crippen LogP) is 4.36. The molecule has 0 saturated carbocycles. The highest BCUT2D eigenvalue weighted by Crippen LogP contribution is 2.44. The highest BCUT2D eigenvalue weighted by atomic mass is 16.5. The third kappa shape index (κ3) is 5.69. The standard InChI is InChI=1S/C28H28N2O5/c1-18(16-26(31)32)30-27(33)20-9-3-2-8-19(20)14-15-29-28(34)35-17-25-23-12-6-4-10-21(23)22-11-5-7-13-24(22)25/h2-13,18,25H,14-17H2,1H3,(H,29,34)(H,30,33)(H,31,32)/t18-/m0/s1. The lowest BCUT2D eigenvalue weighted by Gasteiger charge is -2.15. The molecule has 0 aliphatic heterocycles. The predicted molar refractivity (Wildman–Crippen MR) is 132 cm³/mol. The Hall–Kier alpha value is -4.13. The summed E-state index contributed by atoms with van der Waals surface area (Å²) in [6.07, 6.45) is -0.234. The molecule has 3 aromatic carbocycles. The molecule has 1 atom stereocenters. The van der Waals surface area contributed by atoms with Crippen molar-refractivity contribution in [2.45, 2.75) is 31.7 Å². The van der Waals surface area contributed by atoms with Gasteiger partial charge in [-0.05, 0) is 47.2 Å². The zero-order valence-electron chi connectivity index (χ0n) is 19.5. The van der Waals surface area contributed by atoms with Crippen LogP contribution in [0.25, 0.3) is 11.1 Å². The fourth-order valence-corrected chi connectivity index (χ4v) is 4.52. The van der Waals surface area contributed by atoms with Crippen molar-refractivity contribution >= 4 is 18.0 Å². The number of alkyl carbamates (subject to hydrolysis) is 1. The summed E-state index contributed by atoms with van der Waals surface area (Å²) >= 11 is 0. The van der Waals surface area contributed by atoms with E-state index >= 15 is 0 Å². The zero-order chi connectivity index (χ0) is 24.8. The topological polar surface area (TPSA) is 105 Å². The number of hydrogen-bond acceptors (Lipinski definition) is 4. The van der Waals surface area contributed by atoms with Crippen LogP contribution < -0.4 is 10.6 Å². The van der Waals surface area contributed by atoms with Gasteiger partial charge >= 0.3 is 12.1 Å². The van der Waals surface area contributed by atoms with Crippen molar-refractivity contribution < 1.29 is 24.2 Å². The molecule has 2 amide bonds. The third-order valence-electron chi connectivity index (χ3n) is 6.13. The highest BCUT2D eigenvalue weighted by molar-refractivity contribution is 5.96. The summed E-state index contributed by atoms with van der Waals surface area (Å²) in [5.74, 6) is -1.32. The number of carbonyl (C=O) groups excluding carboxylic acids is 2. The summed E-state index contributed by atoms with van der Waals surface area (Å²) in [5.41, 5.74) is 5.86. The number of rotatable bonds is 9. The van der Waals surface area contributed by atoms with Crippen LogP contribution in [0.2, 0.25) is 0 Å². The SMILES string of the molecule is C[C@@H](CC(=O)O)NC(=O)c1ccccc1CCNC(=O)OCC1c2ccccc2-c2ccccc21. The minimum absolute atomic E-state index is 0.00892. The van der Waals surface area contributed by atoms with E-state index in [9.17, 15) is 14.4 Å². The van der Waals surface area contributed by atoms with Gasteiger partial charge in [0.15, 0.2) is 0 Å². The van der Waals surface area contributed by atoms with Crippen molar-refractivity contribution in [1.82, 2.24) is 10.6 Å². The summed E-state index contributed by atoms with van der Waals surface area (Å²) in [7, 11) is 0. The summed E-state index contributed by atoms with van der Waals surface area (Å²) in [4.78, 5) is 35.9. The van der Waals surface area contributed by atoms with E-state index in [1.54, 1.807) is 19.1 Å². The first-order chi connectivity index (χ1) is 16.9. The normalized spacial score (nSPS) is 12.8. The van der Waals surface area contributed by atoms with Crippen LogP contribution in [0.1, 0.15) is 46.3 Å². The smallest absolute Gasteiger partial charge is 0.407 e. The van der Waals surface area contributed by atoms with Gasteiger partial charge in [-0.15, -0.1) is 0 Å². The van der Waals surface area contributed by atoms with Gasteiger partial charge in [-0.3, -0.25) is 9.59 Å². The number of nitrogens with one attached hydrogen (secondary N) is 2. The van der Waals surface area contributed by atoms with Gasteiger partial charge in [-0.1, -0.05) is 66.7 Å². The number of hydrogen-bond donors (Lipinski definition) is 3. The van der Waals surface area contributed by atoms with Crippen molar-refractivity contribution in [2.24, 2.45) is 0 Å². The third-order valence-corrected chi connectivity index (χ3v) is 6.13. The first-order valence-electron chi connectivity index (χ1n) is 11.6. The first-order valence-corrected chi connectivity index (χ1v) is 11.6. The molecule has 0 spiro atoms. The average Bonchev–Trinajstić information content (AvgIpc) is 3.16. The van der Waals surface area contributed by atoms with Gasteiger partial charge in [-0.25, -0.2) is 4.79 Å². The van der Waals surface area contributed by atoms with Gasteiger partial charge in [0.2, 0.25) is 0 Å². The van der Waals surface area contributed by atoms with E-state index < -0.39 is 18.1 Å². The Kier molecular flexibility index (Phi) is 7.45. The van der Waals surface area contributed by atoms with Crippen LogP contribution in [0.4, 0.5) is 4.79 Å². The molecule has 0 fully saturated rings. The summed E-state index contributed by atoms with van der Waals surface area (Å²) < 4.78 is 5.56. The number of fused-ring (bicyclic) bond motifs is 3. The van der Waals surface area contributed by atoms with Crippen LogP contribution in [0.15, 0.2) is 72.8 Å².